The largest absolute Gasteiger partial charge is 0.494 e. The molecule has 0 bridgehead atoms. The maximum Gasteiger partial charge on any atom is 0.122 e. The van der Waals surface area contributed by atoms with Gasteiger partial charge in [0, 0.05) is 5.33 Å². The van der Waals surface area contributed by atoms with Gasteiger partial charge in [-0.3, -0.25) is 0 Å². The van der Waals surface area contributed by atoms with E-state index in [1.165, 1.54) is 11.1 Å². The molecular weight excluding hydrogens is 288 g/mol. The van der Waals surface area contributed by atoms with Crippen LogP contribution in [0.4, 0.5) is 0 Å². The molecule has 102 valence electrons. The first-order chi connectivity index (χ1) is 8.51. The predicted octanol–water partition coefficient (Wildman–Crippen LogP) is 5.34. The molecule has 0 heterocycles. The van der Waals surface area contributed by atoms with Crippen molar-refractivity contribution < 1.29 is 4.74 Å². The minimum absolute atomic E-state index is 0.498. The van der Waals surface area contributed by atoms with E-state index in [4.69, 9.17) is 4.74 Å². The lowest BCUT2D eigenvalue weighted by molar-refractivity contribution is 0.335. The lowest BCUT2D eigenvalue weighted by atomic mass is 9.87. The summed E-state index contributed by atoms with van der Waals surface area (Å²) in [7, 11) is 0. The number of alkyl halides is 1. The fraction of sp³-hybridized carbons (Fsp3) is 0.625. The summed E-state index contributed by atoms with van der Waals surface area (Å²) in [5, 5.41) is 1.04. The molecule has 0 aliphatic rings. The third-order valence-electron chi connectivity index (χ3n) is 3.58. The zero-order valence-corrected chi connectivity index (χ0v) is 13.8. The van der Waals surface area contributed by atoms with Crippen LogP contribution in [-0.4, -0.2) is 11.9 Å². The van der Waals surface area contributed by atoms with Crippen LogP contribution >= 0.6 is 15.9 Å². The van der Waals surface area contributed by atoms with Gasteiger partial charge in [-0.25, -0.2) is 0 Å². The third kappa shape index (κ3) is 3.74. The van der Waals surface area contributed by atoms with Crippen LogP contribution in [0.15, 0.2) is 18.2 Å². The summed E-state index contributed by atoms with van der Waals surface area (Å²) in [5.74, 6) is 2.74. The Morgan fingerprint density at radius 2 is 1.83 bits per heavy atom. The van der Waals surface area contributed by atoms with Crippen molar-refractivity contribution in [3.05, 3.63) is 29.3 Å². The van der Waals surface area contributed by atoms with E-state index in [-0.39, 0.29) is 0 Å². The maximum absolute atomic E-state index is 5.71. The molecule has 18 heavy (non-hydrogen) atoms. The van der Waals surface area contributed by atoms with Crippen molar-refractivity contribution in [3.8, 4) is 5.75 Å². The molecule has 0 N–H and O–H groups in total. The van der Waals surface area contributed by atoms with Crippen LogP contribution in [0.3, 0.4) is 0 Å². The van der Waals surface area contributed by atoms with E-state index in [9.17, 15) is 0 Å². The van der Waals surface area contributed by atoms with E-state index in [0.717, 1.165) is 17.7 Å². The van der Waals surface area contributed by atoms with Crippen LogP contribution in [0.1, 0.15) is 57.6 Å². The molecule has 1 nitrogen and oxygen atoms in total. The van der Waals surface area contributed by atoms with E-state index in [0.29, 0.717) is 17.8 Å². The van der Waals surface area contributed by atoms with E-state index in [2.05, 4.69) is 61.8 Å². The number of hydrogen-bond acceptors (Lipinski definition) is 1. The van der Waals surface area contributed by atoms with E-state index < -0.39 is 0 Å². The number of halogens is 1. The highest BCUT2D eigenvalue weighted by Gasteiger charge is 2.16. The molecule has 2 heteroatoms. The second-order valence-corrected chi connectivity index (χ2v) is 5.95. The fourth-order valence-corrected chi connectivity index (χ4v) is 2.61. The SMILES string of the molecule is CCOc1ccc(C(C)C(C)CBr)cc1C(C)C. The van der Waals surface area contributed by atoms with Gasteiger partial charge in [-0.2, -0.15) is 0 Å². The third-order valence-corrected chi connectivity index (χ3v) is 4.60. The van der Waals surface area contributed by atoms with Crippen molar-refractivity contribution in [1.82, 2.24) is 0 Å². The zero-order valence-electron chi connectivity index (χ0n) is 12.2. The molecule has 0 radical (unpaired) electrons. The summed E-state index contributed by atoms with van der Waals surface area (Å²) in [6.07, 6.45) is 0. The van der Waals surface area contributed by atoms with Gasteiger partial charge in [-0.05, 0) is 41.9 Å². The first-order valence-corrected chi connectivity index (χ1v) is 7.96. The van der Waals surface area contributed by atoms with E-state index in [1.54, 1.807) is 0 Å². The Balaban J connectivity index is 3.06. The minimum Gasteiger partial charge on any atom is -0.494 e. The molecule has 0 aliphatic heterocycles. The van der Waals surface area contributed by atoms with Crippen LogP contribution in [-0.2, 0) is 0 Å². The van der Waals surface area contributed by atoms with Gasteiger partial charge in [-0.1, -0.05) is 55.8 Å². The quantitative estimate of drug-likeness (QED) is 0.644. The van der Waals surface area contributed by atoms with Gasteiger partial charge in [-0.15, -0.1) is 0 Å². The first-order valence-electron chi connectivity index (χ1n) is 6.83. The summed E-state index contributed by atoms with van der Waals surface area (Å²) >= 11 is 3.57. The van der Waals surface area contributed by atoms with Crippen LogP contribution in [0.25, 0.3) is 0 Å². The van der Waals surface area contributed by atoms with Crippen molar-refractivity contribution >= 4 is 15.9 Å². The van der Waals surface area contributed by atoms with Crippen LogP contribution in [0.5, 0.6) is 5.75 Å². The Morgan fingerprint density at radius 3 is 2.33 bits per heavy atom. The fourth-order valence-electron chi connectivity index (χ4n) is 2.05. The summed E-state index contributed by atoms with van der Waals surface area (Å²) in [6, 6.07) is 6.66. The standard InChI is InChI=1S/C16H25BrO/c1-6-18-16-8-7-14(9-15(16)11(2)3)13(5)12(4)10-17/h7-9,11-13H,6,10H2,1-5H3. The molecule has 0 spiro atoms. The molecule has 1 aromatic rings. The highest BCUT2D eigenvalue weighted by atomic mass is 79.9. The molecule has 0 aromatic heterocycles. The molecule has 0 saturated heterocycles. The molecule has 0 fully saturated rings. The Hall–Kier alpha value is -0.500. The first kappa shape index (κ1) is 15.6. The highest BCUT2D eigenvalue weighted by molar-refractivity contribution is 9.09. The molecule has 0 saturated carbocycles. The van der Waals surface area contributed by atoms with Gasteiger partial charge in [0.2, 0.25) is 0 Å². The highest BCUT2D eigenvalue weighted by Crippen LogP contribution is 2.33. The Kier molecular flexibility index (Phi) is 6.20. The van der Waals surface area contributed by atoms with Crippen molar-refractivity contribution in [1.29, 1.82) is 0 Å². The summed E-state index contributed by atoms with van der Waals surface area (Å²) in [5.41, 5.74) is 2.73. The predicted molar refractivity (Wildman–Crippen MR) is 83.1 cm³/mol. The number of ether oxygens (including phenoxy) is 1. The van der Waals surface area contributed by atoms with Gasteiger partial charge < -0.3 is 4.74 Å². The van der Waals surface area contributed by atoms with Crippen molar-refractivity contribution in [2.24, 2.45) is 5.92 Å². The molecule has 2 unspecified atom stereocenters. The Morgan fingerprint density at radius 1 is 1.17 bits per heavy atom. The topological polar surface area (TPSA) is 9.23 Å². The molecule has 0 amide bonds. The van der Waals surface area contributed by atoms with Gasteiger partial charge in [0.15, 0.2) is 0 Å². The Labute approximate surface area is 120 Å². The van der Waals surface area contributed by atoms with E-state index in [1.807, 2.05) is 6.92 Å². The van der Waals surface area contributed by atoms with Crippen molar-refractivity contribution in [2.45, 2.75) is 46.5 Å². The molecule has 0 aliphatic carbocycles. The maximum atomic E-state index is 5.71. The average Bonchev–Trinajstić information content (AvgIpc) is 2.37. The lowest BCUT2D eigenvalue weighted by Crippen LogP contribution is -2.08. The van der Waals surface area contributed by atoms with Crippen LogP contribution in [0, 0.1) is 5.92 Å². The zero-order chi connectivity index (χ0) is 13.7. The van der Waals surface area contributed by atoms with Crippen LogP contribution in [0.2, 0.25) is 0 Å². The van der Waals surface area contributed by atoms with Gasteiger partial charge in [0.05, 0.1) is 6.61 Å². The minimum atomic E-state index is 0.498. The van der Waals surface area contributed by atoms with E-state index >= 15 is 0 Å². The number of benzene rings is 1. The summed E-state index contributed by atoms with van der Waals surface area (Å²) in [4.78, 5) is 0. The lowest BCUT2D eigenvalue weighted by Gasteiger charge is -2.21. The van der Waals surface area contributed by atoms with Crippen LogP contribution < -0.4 is 4.74 Å². The molecular formula is C16H25BrO. The van der Waals surface area contributed by atoms with Gasteiger partial charge in [0.1, 0.15) is 5.75 Å². The number of hydrogen-bond donors (Lipinski definition) is 0. The normalized spacial score (nSPS) is 14.6. The average molecular weight is 313 g/mol. The molecule has 2 atom stereocenters. The summed E-state index contributed by atoms with van der Waals surface area (Å²) < 4.78 is 5.71. The Bertz CT molecular complexity index is 373. The smallest absolute Gasteiger partial charge is 0.122 e. The second kappa shape index (κ2) is 7.18. The number of rotatable bonds is 6. The molecule has 1 rings (SSSR count). The second-order valence-electron chi connectivity index (χ2n) is 5.31. The molecule has 1 aromatic carbocycles. The van der Waals surface area contributed by atoms with Gasteiger partial charge in [0.25, 0.3) is 0 Å². The summed E-state index contributed by atoms with van der Waals surface area (Å²) in [6.45, 7) is 11.8. The van der Waals surface area contributed by atoms with Gasteiger partial charge >= 0.3 is 0 Å². The monoisotopic (exact) mass is 312 g/mol. The van der Waals surface area contributed by atoms with Crippen molar-refractivity contribution in [2.75, 3.05) is 11.9 Å². The van der Waals surface area contributed by atoms with Crippen molar-refractivity contribution in [3.63, 3.8) is 0 Å².